The van der Waals surface area contributed by atoms with E-state index in [-0.39, 0.29) is 21.7 Å². The fraction of sp³-hybridized carbons (Fsp3) is 0.263. The Bertz CT molecular complexity index is 1210. The molecule has 0 amide bonds. The number of fused-ring (bicyclic) bond motifs is 2. The summed E-state index contributed by atoms with van der Waals surface area (Å²) in [5, 5.41) is 0.399. The molecule has 0 N–H and O–H groups in total. The van der Waals surface area contributed by atoms with E-state index in [0.29, 0.717) is 18.4 Å². The van der Waals surface area contributed by atoms with Crippen LogP contribution in [0.4, 0.5) is 13.2 Å². The van der Waals surface area contributed by atoms with Crippen molar-refractivity contribution in [1.82, 2.24) is 8.87 Å². The maximum atomic E-state index is 13.7. The molecule has 9 heteroatoms. The number of para-hydroxylation sites is 1. The molecular weight excluding hydrogens is 413 g/mol. The highest BCUT2D eigenvalue weighted by Crippen LogP contribution is 2.49. The third-order valence-corrected chi connectivity index (χ3v) is 7.08. The van der Waals surface area contributed by atoms with Crippen molar-refractivity contribution in [2.75, 3.05) is 20.6 Å². The molecule has 28 heavy (non-hydrogen) atoms. The lowest BCUT2D eigenvalue weighted by Crippen LogP contribution is -2.21. The summed E-state index contributed by atoms with van der Waals surface area (Å²) in [7, 11) is -0.481. The first-order chi connectivity index (χ1) is 13.0. The molecule has 2 aromatic carbocycles. The van der Waals surface area contributed by atoms with Gasteiger partial charge in [0.1, 0.15) is 4.90 Å². The number of hydrogen-bond acceptors (Lipinski definition) is 3. The summed E-state index contributed by atoms with van der Waals surface area (Å²) in [6, 6.07) is 6.71. The average molecular weight is 429 g/mol. The lowest BCUT2D eigenvalue weighted by molar-refractivity contribution is -0.137. The second-order valence-electron chi connectivity index (χ2n) is 7.01. The van der Waals surface area contributed by atoms with Crippen molar-refractivity contribution in [2.45, 2.75) is 17.5 Å². The molecule has 4 rings (SSSR count). The van der Waals surface area contributed by atoms with Gasteiger partial charge < -0.3 is 4.90 Å². The molecule has 0 atom stereocenters. The van der Waals surface area contributed by atoms with E-state index in [0.717, 1.165) is 21.7 Å². The first kappa shape index (κ1) is 19.3. The van der Waals surface area contributed by atoms with Gasteiger partial charge >= 0.3 is 6.18 Å². The zero-order valence-corrected chi connectivity index (χ0v) is 16.6. The number of nitrogens with zero attached hydrogens (tertiary/aromatic N) is 2. The highest BCUT2D eigenvalue weighted by Gasteiger charge is 2.41. The summed E-state index contributed by atoms with van der Waals surface area (Å²) in [5.74, 6) is 0. The van der Waals surface area contributed by atoms with Crippen molar-refractivity contribution >= 4 is 32.5 Å². The van der Waals surface area contributed by atoms with Crippen molar-refractivity contribution in [2.24, 2.45) is 0 Å². The second-order valence-corrected chi connectivity index (χ2v) is 9.17. The number of likely N-dealkylation sites (N-methyl/N-ethyl adjacent to an activating group) is 1. The molecule has 0 saturated carbocycles. The lowest BCUT2D eigenvalue weighted by Gasteiger charge is -2.24. The summed E-state index contributed by atoms with van der Waals surface area (Å²) < 4.78 is 68.6. The van der Waals surface area contributed by atoms with Crippen LogP contribution in [0.2, 0.25) is 5.02 Å². The minimum Gasteiger partial charge on any atom is -0.309 e. The fourth-order valence-electron chi connectivity index (χ4n) is 3.66. The Hall–Kier alpha value is -2.03. The van der Waals surface area contributed by atoms with Gasteiger partial charge in [-0.2, -0.15) is 13.2 Å². The van der Waals surface area contributed by atoms with Gasteiger partial charge in [-0.1, -0.05) is 29.8 Å². The number of alkyl halides is 3. The highest BCUT2D eigenvalue weighted by molar-refractivity contribution is 7.90. The second kappa shape index (κ2) is 6.23. The van der Waals surface area contributed by atoms with Gasteiger partial charge in [0.2, 0.25) is 0 Å². The zero-order chi connectivity index (χ0) is 20.4. The van der Waals surface area contributed by atoms with Crippen LogP contribution >= 0.6 is 11.6 Å². The Morgan fingerprint density at radius 3 is 2.50 bits per heavy atom. The molecule has 1 aromatic heterocycles. The minimum atomic E-state index is -4.71. The maximum Gasteiger partial charge on any atom is 0.417 e. The van der Waals surface area contributed by atoms with Crippen molar-refractivity contribution in [3.05, 3.63) is 52.7 Å². The Morgan fingerprint density at radius 2 is 1.86 bits per heavy atom. The van der Waals surface area contributed by atoms with Crippen LogP contribution in [0.5, 0.6) is 0 Å². The molecule has 4 nitrogen and oxygen atoms in total. The SMILES string of the molecule is CN(C)CCc1cn2c3c(cccc13)-c1c(C(F)(F)F)ccc(Cl)c1S2(=O)=O. The molecule has 0 aliphatic carbocycles. The average Bonchev–Trinajstić information content (AvgIpc) is 2.97. The van der Waals surface area contributed by atoms with E-state index in [1.807, 2.05) is 19.0 Å². The molecule has 0 radical (unpaired) electrons. The largest absolute Gasteiger partial charge is 0.417 e. The van der Waals surface area contributed by atoms with Crippen molar-refractivity contribution in [3.8, 4) is 11.1 Å². The van der Waals surface area contributed by atoms with Crippen LogP contribution in [0.3, 0.4) is 0 Å². The first-order valence-electron chi connectivity index (χ1n) is 8.47. The predicted molar refractivity (Wildman–Crippen MR) is 102 cm³/mol. The van der Waals surface area contributed by atoms with Crippen molar-refractivity contribution < 1.29 is 21.6 Å². The van der Waals surface area contributed by atoms with Crippen LogP contribution in [0, 0.1) is 0 Å². The summed E-state index contributed by atoms with van der Waals surface area (Å²) in [6.45, 7) is 0.672. The van der Waals surface area contributed by atoms with E-state index in [1.165, 1.54) is 12.3 Å². The van der Waals surface area contributed by atoms with Gasteiger partial charge in [-0.3, -0.25) is 0 Å². The van der Waals surface area contributed by atoms with Crippen LogP contribution in [0.25, 0.3) is 22.0 Å². The van der Waals surface area contributed by atoms with E-state index in [1.54, 1.807) is 12.1 Å². The first-order valence-corrected chi connectivity index (χ1v) is 10.3. The predicted octanol–water partition coefficient (Wildman–Crippen LogP) is 4.64. The van der Waals surface area contributed by atoms with Gasteiger partial charge in [0.15, 0.2) is 0 Å². The quantitative estimate of drug-likeness (QED) is 0.477. The number of halogens is 4. The molecule has 0 saturated heterocycles. The Kier molecular flexibility index (Phi) is 4.30. The fourth-order valence-corrected chi connectivity index (χ4v) is 5.80. The standard InChI is InChI=1S/C19H16ClF3N2O2S/c1-24(2)9-8-11-10-25-17-12(11)4-3-5-13(17)16-14(19(21,22)23)6-7-15(20)18(16)28(25,26)27/h3-7,10H,8-9H2,1-2H3. The van der Waals surface area contributed by atoms with Gasteiger partial charge in [0.25, 0.3) is 10.0 Å². The van der Waals surface area contributed by atoms with Crippen molar-refractivity contribution in [3.63, 3.8) is 0 Å². The van der Waals surface area contributed by atoms with Gasteiger partial charge in [-0.25, -0.2) is 12.4 Å². The molecule has 148 valence electrons. The molecule has 2 heterocycles. The molecule has 1 aliphatic heterocycles. The monoisotopic (exact) mass is 428 g/mol. The van der Waals surface area contributed by atoms with Crippen LogP contribution in [-0.2, 0) is 22.6 Å². The molecule has 0 spiro atoms. The number of aromatic nitrogens is 1. The molecule has 0 bridgehead atoms. The summed E-state index contributed by atoms with van der Waals surface area (Å²) in [5.41, 5.74) is -0.156. The van der Waals surface area contributed by atoms with Crippen molar-refractivity contribution in [1.29, 1.82) is 0 Å². The minimum absolute atomic E-state index is 0.216. The van der Waals surface area contributed by atoms with E-state index in [4.69, 9.17) is 11.6 Å². The smallest absolute Gasteiger partial charge is 0.309 e. The van der Waals surface area contributed by atoms with Crippen LogP contribution in [-0.4, -0.2) is 37.9 Å². The van der Waals surface area contributed by atoms with E-state index in [2.05, 4.69) is 0 Å². The summed E-state index contributed by atoms with van der Waals surface area (Å²) in [4.78, 5) is 1.45. The topological polar surface area (TPSA) is 42.3 Å². The molecular formula is C19H16ClF3N2O2S. The van der Waals surface area contributed by atoms with Crippen LogP contribution in [0.15, 0.2) is 41.4 Å². The third-order valence-electron chi connectivity index (χ3n) is 4.91. The van der Waals surface area contributed by atoms with Gasteiger partial charge in [0.05, 0.1) is 16.1 Å². The van der Waals surface area contributed by atoms with Crippen LogP contribution < -0.4 is 0 Å². The number of rotatable bonds is 3. The third kappa shape index (κ3) is 2.74. The molecule has 0 fully saturated rings. The molecule has 0 unspecified atom stereocenters. The van der Waals surface area contributed by atoms with E-state index in [9.17, 15) is 21.6 Å². The van der Waals surface area contributed by atoms with E-state index >= 15 is 0 Å². The zero-order valence-electron chi connectivity index (χ0n) is 15.0. The molecule has 3 aromatic rings. The Balaban J connectivity index is 2.12. The van der Waals surface area contributed by atoms with Gasteiger partial charge in [-0.05, 0) is 38.2 Å². The Morgan fingerprint density at radius 1 is 1.14 bits per heavy atom. The lowest BCUT2D eigenvalue weighted by atomic mass is 9.96. The maximum absolute atomic E-state index is 13.7. The molecule has 1 aliphatic rings. The normalized spacial score (nSPS) is 15.2. The number of hydrogen-bond donors (Lipinski definition) is 0. The Labute approximate surface area is 165 Å². The van der Waals surface area contributed by atoms with Crippen LogP contribution in [0.1, 0.15) is 11.1 Å². The van der Waals surface area contributed by atoms with Gasteiger partial charge in [0, 0.05) is 29.3 Å². The number of benzene rings is 2. The highest BCUT2D eigenvalue weighted by atomic mass is 35.5. The summed E-state index contributed by atoms with van der Waals surface area (Å²) in [6.07, 6.45) is -2.66. The summed E-state index contributed by atoms with van der Waals surface area (Å²) >= 11 is 6.09. The van der Waals surface area contributed by atoms with E-state index < -0.39 is 26.7 Å². The van der Waals surface area contributed by atoms with Gasteiger partial charge in [-0.15, -0.1) is 0 Å².